The van der Waals surface area contributed by atoms with E-state index in [0.29, 0.717) is 30.2 Å². The molecule has 2 heterocycles. The van der Waals surface area contributed by atoms with Gasteiger partial charge in [-0.05, 0) is 31.0 Å². The molecule has 0 unspecified atom stereocenters. The van der Waals surface area contributed by atoms with Crippen molar-refractivity contribution in [2.45, 2.75) is 57.8 Å². The minimum absolute atomic E-state index is 0.119. The third-order valence-electron chi connectivity index (χ3n) is 5.58. The van der Waals surface area contributed by atoms with Gasteiger partial charge in [0.2, 0.25) is 10.0 Å². The standard InChI is InChI=1S/C23H33N5O3S/c1-6-28(7-2)32(30,31)18-10-11-20(27-12-8-9-13-27)19(14-18)21(29)26-17-15-24-22(25-16-17)23(3,4)5/h10-11,14-16H,6-9,12-13H2,1-5H3,(H,26,29). The van der Waals surface area contributed by atoms with E-state index >= 15 is 0 Å². The van der Waals surface area contributed by atoms with Crippen LogP contribution in [0, 0.1) is 0 Å². The van der Waals surface area contributed by atoms with E-state index in [4.69, 9.17) is 0 Å². The lowest BCUT2D eigenvalue weighted by Crippen LogP contribution is -2.31. The Balaban J connectivity index is 1.97. The second kappa shape index (κ2) is 9.54. The van der Waals surface area contributed by atoms with E-state index in [1.54, 1.807) is 38.4 Å². The summed E-state index contributed by atoms with van der Waals surface area (Å²) in [7, 11) is -3.68. The molecule has 0 spiro atoms. The van der Waals surface area contributed by atoms with Crippen molar-refractivity contribution in [1.82, 2.24) is 14.3 Å². The molecule has 3 rings (SSSR count). The molecule has 1 saturated heterocycles. The lowest BCUT2D eigenvalue weighted by Gasteiger charge is -2.23. The number of hydrogen-bond acceptors (Lipinski definition) is 6. The Morgan fingerprint density at radius 2 is 1.69 bits per heavy atom. The number of nitrogens with zero attached hydrogens (tertiary/aromatic N) is 4. The van der Waals surface area contributed by atoms with Crippen LogP contribution in [0.4, 0.5) is 11.4 Å². The van der Waals surface area contributed by atoms with E-state index in [9.17, 15) is 13.2 Å². The van der Waals surface area contributed by atoms with Crippen molar-refractivity contribution in [2.24, 2.45) is 0 Å². The predicted molar refractivity (Wildman–Crippen MR) is 127 cm³/mol. The van der Waals surface area contributed by atoms with Crippen LogP contribution in [0.25, 0.3) is 0 Å². The number of aromatic nitrogens is 2. The largest absolute Gasteiger partial charge is 0.371 e. The summed E-state index contributed by atoms with van der Waals surface area (Å²) in [5, 5.41) is 2.84. The summed E-state index contributed by atoms with van der Waals surface area (Å²) in [4.78, 5) is 24.2. The highest BCUT2D eigenvalue weighted by atomic mass is 32.2. The van der Waals surface area contributed by atoms with Crippen LogP contribution in [-0.2, 0) is 15.4 Å². The summed E-state index contributed by atoms with van der Waals surface area (Å²) >= 11 is 0. The highest BCUT2D eigenvalue weighted by Crippen LogP contribution is 2.29. The van der Waals surface area contributed by atoms with Crippen molar-refractivity contribution in [3.05, 3.63) is 42.0 Å². The molecule has 0 radical (unpaired) electrons. The second-order valence-electron chi connectivity index (χ2n) is 8.96. The van der Waals surface area contributed by atoms with Crippen molar-refractivity contribution in [2.75, 3.05) is 36.4 Å². The van der Waals surface area contributed by atoms with Gasteiger partial charge in [-0.25, -0.2) is 18.4 Å². The smallest absolute Gasteiger partial charge is 0.257 e. The molecule has 1 aromatic heterocycles. The molecule has 1 N–H and O–H groups in total. The minimum Gasteiger partial charge on any atom is -0.371 e. The molecule has 1 aliphatic heterocycles. The number of carbonyl (C=O) groups excluding carboxylic acids is 1. The topological polar surface area (TPSA) is 95.5 Å². The molecule has 1 amide bonds. The quantitative estimate of drug-likeness (QED) is 0.679. The van der Waals surface area contributed by atoms with E-state index in [0.717, 1.165) is 31.6 Å². The maximum absolute atomic E-state index is 13.3. The Labute approximate surface area is 191 Å². The highest BCUT2D eigenvalue weighted by molar-refractivity contribution is 7.89. The summed E-state index contributed by atoms with van der Waals surface area (Å²) < 4.78 is 27.5. The van der Waals surface area contributed by atoms with Crippen molar-refractivity contribution in [3.63, 3.8) is 0 Å². The van der Waals surface area contributed by atoms with Gasteiger partial charge in [-0.3, -0.25) is 4.79 Å². The average molecular weight is 460 g/mol. The van der Waals surface area contributed by atoms with Gasteiger partial charge in [0.05, 0.1) is 28.5 Å². The van der Waals surface area contributed by atoms with Crippen molar-refractivity contribution >= 4 is 27.3 Å². The van der Waals surface area contributed by atoms with Gasteiger partial charge in [0, 0.05) is 37.3 Å². The van der Waals surface area contributed by atoms with Crippen LogP contribution in [0.3, 0.4) is 0 Å². The molecule has 0 saturated carbocycles. The maximum Gasteiger partial charge on any atom is 0.257 e. The molecule has 2 aromatic rings. The molecular weight excluding hydrogens is 426 g/mol. The lowest BCUT2D eigenvalue weighted by atomic mass is 9.96. The highest BCUT2D eigenvalue weighted by Gasteiger charge is 2.26. The Kier molecular flexibility index (Phi) is 7.19. The number of hydrogen-bond donors (Lipinski definition) is 1. The van der Waals surface area contributed by atoms with Gasteiger partial charge in [-0.2, -0.15) is 4.31 Å². The number of sulfonamides is 1. The van der Waals surface area contributed by atoms with Crippen LogP contribution in [0.1, 0.15) is 63.6 Å². The van der Waals surface area contributed by atoms with Crippen LogP contribution >= 0.6 is 0 Å². The fourth-order valence-corrected chi connectivity index (χ4v) is 5.27. The van der Waals surface area contributed by atoms with Crippen LogP contribution in [0.2, 0.25) is 0 Å². The SMILES string of the molecule is CCN(CC)S(=O)(=O)c1ccc(N2CCCC2)c(C(=O)Nc2cnc(C(C)(C)C)nc2)c1. The van der Waals surface area contributed by atoms with Crippen LogP contribution in [0.15, 0.2) is 35.5 Å². The van der Waals surface area contributed by atoms with Gasteiger partial charge >= 0.3 is 0 Å². The van der Waals surface area contributed by atoms with Crippen molar-refractivity contribution in [1.29, 1.82) is 0 Å². The molecule has 8 nitrogen and oxygen atoms in total. The first-order valence-corrected chi connectivity index (χ1v) is 12.5. The monoisotopic (exact) mass is 459 g/mol. The van der Waals surface area contributed by atoms with Gasteiger partial charge in [0.25, 0.3) is 5.91 Å². The second-order valence-corrected chi connectivity index (χ2v) is 10.9. The maximum atomic E-state index is 13.3. The molecule has 1 fully saturated rings. The molecule has 9 heteroatoms. The fourth-order valence-electron chi connectivity index (χ4n) is 3.78. The molecule has 0 aliphatic carbocycles. The minimum atomic E-state index is -3.68. The third kappa shape index (κ3) is 5.10. The average Bonchev–Trinajstić information content (AvgIpc) is 3.28. The molecule has 0 bridgehead atoms. The van der Waals surface area contributed by atoms with E-state index in [1.807, 2.05) is 20.8 Å². The molecule has 0 atom stereocenters. The zero-order chi connectivity index (χ0) is 23.5. The van der Waals surface area contributed by atoms with E-state index in [2.05, 4.69) is 20.2 Å². The molecule has 174 valence electrons. The first-order valence-electron chi connectivity index (χ1n) is 11.1. The van der Waals surface area contributed by atoms with E-state index in [-0.39, 0.29) is 16.2 Å². The Bertz CT molecular complexity index is 1050. The first-order chi connectivity index (χ1) is 15.1. The Hall–Kier alpha value is -2.52. The molecular formula is C23H33N5O3S. The number of nitrogens with one attached hydrogen (secondary N) is 1. The number of rotatable bonds is 7. The normalized spacial score (nSPS) is 14.8. The van der Waals surface area contributed by atoms with E-state index < -0.39 is 10.0 Å². The number of amides is 1. The molecule has 32 heavy (non-hydrogen) atoms. The van der Waals surface area contributed by atoms with Gasteiger partial charge in [0.15, 0.2) is 0 Å². The summed E-state index contributed by atoms with van der Waals surface area (Å²) in [5.41, 5.74) is 1.34. The Morgan fingerprint density at radius 3 is 2.22 bits per heavy atom. The van der Waals surface area contributed by atoms with E-state index in [1.165, 1.54) is 10.4 Å². The van der Waals surface area contributed by atoms with Gasteiger partial charge < -0.3 is 10.2 Å². The summed E-state index contributed by atoms with van der Waals surface area (Å²) in [6.07, 6.45) is 5.25. The number of benzene rings is 1. The first kappa shape index (κ1) is 24.1. The zero-order valence-electron chi connectivity index (χ0n) is 19.6. The van der Waals surface area contributed by atoms with Crippen LogP contribution in [-0.4, -0.2) is 54.8 Å². The predicted octanol–water partition coefficient (Wildman–Crippen LogP) is 3.66. The van der Waals surface area contributed by atoms with Crippen molar-refractivity contribution < 1.29 is 13.2 Å². The number of anilines is 2. The zero-order valence-corrected chi connectivity index (χ0v) is 20.4. The summed E-state index contributed by atoms with van der Waals surface area (Å²) in [6, 6.07) is 4.83. The molecule has 1 aliphatic rings. The molecule has 1 aromatic carbocycles. The van der Waals surface area contributed by atoms with Gasteiger partial charge in [0.1, 0.15) is 5.82 Å². The van der Waals surface area contributed by atoms with Crippen LogP contribution < -0.4 is 10.2 Å². The fraction of sp³-hybridized carbons (Fsp3) is 0.522. The summed E-state index contributed by atoms with van der Waals surface area (Å²) in [6.45, 7) is 12.1. The lowest BCUT2D eigenvalue weighted by molar-refractivity contribution is 0.102. The Morgan fingerprint density at radius 1 is 1.09 bits per heavy atom. The van der Waals surface area contributed by atoms with Gasteiger partial charge in [-0.1, -0.05) is 34.6 Å². The van der Waals surface area contributed by atoms with Gasteiger partial charge in [-0.15, -0.1) is 0 Å². The summed E-state index contributed by atoms with van der Waals surface area (Å²) in [5.74, 6) is 0.302. The van der Waals surface area contributed by atoms with Crippen molar-refractivity contribution in [3.8, 4) is 0 Å². The number of carbonyl (C=O) groups is 1. The third-order valence-corrected chi connectivity index (χ3v) is 7.63. The van der Waals surface area contributed by atoms with Crippen LogP contribution in [0.5, 0.6) is 0 Å².